The molecule has 1 aromatic heterocycles. The van der Waals surface area contributed by atoms with Crippen molar-refractivity contribution in [3.63, 3.8) is 0 Å². The van der Waals surface area contributed by atoms with E-state index < -0.39 is 0 Å². The summed E-state index contributed by atoms with van der Waals surface area (Å²) in [6.45, 7) is 13.5. The van der Waals surface area contributed by atoms with Crippen LogP contribution in [0.2, 0.25) is 0 Å². The molecule has 0 radical (unpaired) electrons. The highest BCUT2D eigenvalue weighted by Crippen LogP contribution is 2.27. The molecule has 2 rings (SSSR count). The summed E-state index contributed by atoms with van der Waals surface area (Å²) in [7, 11) is 0. The van der Waals surface area contributed by atoms with E-state index >= 15 is 0 Å². The molecular formula is C20H29N3. The number of hydrogen-bond acceptors (Lipinski definition) is 3. The van der Waals surface area contributed by atoms with Crippen molar-refractivity contribution in [2.45, 2.75) is 59.7 Å². The van der Waals surface area contributed by atoms with Crippen molar-refractivity contribution < 1.29 is 0 Å². The summed E-state index contributed by atoms with van der Waals surface area (Å²) in [6, 6.07) is 15.9. The lowest BCUT2D eigenvalue weighted by Gasteiger charge is -2.44. The summed E-state index contributed by atoms with van der Waals surface area (Å²) in [5, 5.41) is 4.83. The van der Waals surface area contributed by atoms with E-state index in [-0.39, 0.29) is 0 Å². The molecule has 0 aliphatic rings. The third-order valence-corrected chi connectivity index (χ3v) is 3.87. The van der Waals surface area contributed by atoms with Gasteiger partial charge in [0, 0.05) is 29.9 Å². The fourth-order valence-electron chi connectivity index (χ4n) is 3.12. The monoisotopic (exact) mass is 311 g/mol. The van der Waals surface area contributed by atoms with Gasteiger partial charge < -0.3 is 5.01 Å². The van der Waals surface area contributed by atoms with Gasteiger partial charge in [-0.2, -0.15) is 0 Å². The Labute approximate surface area is 140 Å². The number of pyridine rings is 1. The van der Waals surface area contributed by atoms with Crippen LogP contribution >= 0.6 is 0 Å². The summed E-state index contributed by atoms with van der Waals surface area (Å²) in [5.41, 5.74) is 3.36. The zero-order chi connectivity index (χ0) is 17.0. The Balaban J connectivity index is 2.44. The smallest absolute Gasteiger partial charge is 0.0723 e. The fourth-order valence-corrected chi connectivity index (χ4v) is 3.12. The van der Waals surface area contributed by atoms with E-state index in [4.69, 9.17) is 0 Å². The molecule has 0 aliphatic carbocycles. The van der Waals surface area contributed by atoms with Gasteiger partial charge in [0.2, 0.25) is 0 Å². The molecule has 0 saturated heterocycles. The van der Waals surface area contributed by atoms with E-state index in [9.17, 15) is 0 Å². The second-order valence-corrected chi connectivity index (χ2v) is 6.77. The van der Waals surface area contributed by atoms with Crippen molar-refractivity contribution in [1.29, 1.82) is 0 Å². The number of hydrogen-bond donors (Lipinski definition) is 0. The van der Waals surface area contributed by atoms with Crippen molar-refractivity contribution in [3.8, 4) is 11.3 Å². The topological polar surface area (TPSA) is 19.4 Å². The lowest BCUT2D eigenvalue weighted by Crippen LogP contribution is -2.53. The Kier molecular flexibility index (Phi) is 5.78. The lowest BCUT2D eigenvalue weighted by atomic mass is 10.1. The molecule has 1 heterocycles. The number of aromatic nitrogens is 1. The van der Waals surface area contributed by atoms with Crippen LogP contribution in [0.1, 0.15) is 41.5 Å². The molecule has 0 aliphatic heterocycles. The van der Waals surface area contributed by atoms with Gasteiger partial charge in [0.1, 0.15) is 0 Å². The molecule has 0 fully saturated rings. The van der Waals surface area contributed by atoms with E-state index in [1.807, 2.05) is 12.3 Å². The van der Waals surface area contributed by atoms with Crippen LogP contribution in [0, 0.1) is 0 Å². The summed E-state index contributed by atoms with van der Waals surface area (Å²) in [5.74, 6) is 0. The molecule has 0 spiro atoms. The van der Waals surface area contributed by atoms with Crippen LogP contribution in [0.4, 0.5) is 5.69 Å². The number of nitrogens with zero attached hydrogens (tertiary/aromatic N) is 3. The fraction of sp³-hybridized carbons (Fsp3) is 0.450. The van der Waals surface area contributed by atoms with E-state index in [0.29, 0.717) is 18.1 Å². The van der Waals surface area contributed by atoms with Crippen molar-refractivity contribution >= 4 is 5.69 Å². The second-order valence-electron chi connectivity index (χ2n) is 6.77. The van der Waals surface area contributed by atoms with Gasteiger partial charge in [-0.15, -0.1) is 0 Å². The van der Waals surface area contributed by atoms with Crippen LogP contribution in [0.25, 0.3) is 11.3 Å². The lowest BCUT2D eigenvalue weighted by molar-refractivity contribution is 0.142. The first-order chi connectivity index (χ1) is 10.9. The third kappa shape index (κ3) is 4.11. The Morgan fingerprint density at radius 1 is 0.783 bits per heavy atom. The van der Waals surface area contributed by atoms with E-state index in [1.54, 1.807) is 0 Å². The molecular weight excluding hydrogens is 282 g/mol. The van der Waals surface area contributed by atoms with Crippen LogP contribution in [0.15, 0.2) is 48.7 Å². The van der Waals surface area contributed by atoms with E-state index in [1.165, 1.54) is 5.69 Å². The Morgan fingerprint density at radius 3 is 1.91 bits per heavy atom. The van der Waals surface area contributed by atoms with E-state index in [2.05, 4.69) is 92.9 Å². The highest BCUT2D eigenvalue weighted by Gasteiger charge is 2.24. The van der Waals surface area contributed by atoms with Crippen molar-refractivity contribution in [1.82, 2.24) is 9.99 Å². The van der Waals surface area contributed by atoms with Crippen LogP contribution < -0.4 is 5.01 Å². The maximum atomic E-state index is 4.56. The predicted molar refractivity (Wildman–Crippen MR) is 99.4 cm³/mol. The first-order valence-electron chi connectivity index (χ1n) is 8.50. The SMILES string of the molecule is CC(C)N(c1ccnc(-c2ccccc2)c1)N(C(C)C)C(C)C. The van der Waals surface area contributed by atoms with Gasteiger partial charge >= 0.3 is 0 Å². The number of benzene rings is 1. The first kappa shape index (κ1) is 17.5. The van der Waals surface area contributed by atoms with Gasteiger partial charge in [-0.1, -0.05) is 30.3 Å². The highest BCUT2D eigenvalue weighted by molar-refractivity contribution is 5.64. The van der Waals surface area contributed by atoms with Gasteiger partial charge in [-0.3, -0.25) is 4.98 Å². The molecule has 0 saturated carbocycles. The average molecular weight is 311 g/mol. The molecule has 124 valence electrons. The third-order valence-electron chi connectivity index (χ3n) is 3.87. The molecule has 1 aromatic carbocycles. The molecule has 0 unspecified atom stereocenters. The van der Waals surface area contributed by atoms with Crippen LogP contribution in [-0.4, -0.2) is 28.1 Å². The minimum atomic E-state index is 0.380. The molecule has 3 nitrogen and oxygen atoms in total. The minimum absolute atomic E-state index is 0.380. The van der Waals surface area contributed by atoms with Gasteiger partial charge in [0.25, 0.3) is 0 Å². The largest absolute Gasteiger partial charge is 0.303 e. The Morgan fingerprint density at radius 2 is 1.39 bits per heavy atom. The normalized spacial score (nSPS) is 11.7. The maximum absolute atomic E-state index is 4.56. The summed E-state index contributed by atoms with van der Waals surface area (Å²) in [4.78, 5) is 4.56. The Bertz CT molecular complexity index is 597. The highest BCUT2D eigenvalue weighted by atomic mass is 15.7. The van der Waals surface area contributed by atoms with Crippen molar-refractivity contribution in [3.05, 3.63) is 48.7 Å². The maximum Gasteiger partial charge on any atom is 0.0723 e. The predicted octanol–water partition coefficient (Wildman–Crippen LogP) is 5.00. The molecule has 23 heavy (non-hydrogen) atoms. The Hall–Kier alpha value is -1.87. The van der Waals surface area contributed by atoms with Crippen LogP contribution in [0.5, 0.6) is 0 Å². The van der Waals surface area contributed by atoms with Crippen LogP contribution in [-0.2, 0) is 0 Å². The zero-order valence-electron chi connectivity index (χ0n) is 15.2. The molecule has 0 amide bonds. The minimum Gasteiger partial charge on any atom is -0.303 e. The van der Waals surface area contributed by atoms with Gasteiger partial charge in [0.15, 0.2) is 0 Å². The number of rotatable bonds is 6. The van der Waals surface area contributed by atoms with Crippen LogP contribution in [0.3, 0.4) is 0 Å². The van der Waals surface area contributed by atoms with E-state index in [0.717, 1.165) is 11.3 Å². The quantitative estimate of drug-likeness (QED) is 0.700. The number of hydrazine groups is 1. The second kappa shape index (κ2) is 7.60. The molecule has 3 heteroatoms. The molecule has 2 aromatic rings. The first-order valence-corrected chi connectivity index (χ1v) is 8.50. The average Bonchev–Trinajstić information content (AvgIpc) is 2.52. The summed E-state index contributed by atoms with van der Waals surface area (Å²) in [6.07, 6.45) is 1.91. The summed E-state index contributed by atoms with van der Waals surface area (Å²) < 4.78 is 0. The standard InChI is InChI=1S/C20H29N3/c1-15(2)22(16(3)4)23(17(5)6)19-12-13-21-20(14-19)18-10-8-7-9-11-18/h7-17H,1-6H3. The number of anilines is 1. The van der Waals surface area contributed by atoms with Crippen molar-refractivity contribution in [2.75, 3.05) is 5.01 Å². The zero-order valence-corrected chi connectivity index (χ0v) is 15.2. The van der Waals surface area contributed by atoms with Crippen molar-refractivity contribution in [2.24, 2.45) is 0 Å². The van der Waals surface area contributed by atoms with Gasteiger partial charge in [0.05, 0.1) is 11.4 Å². The summed E-state index contributed by atoms with van der Waals surface area (Å²) >= 11 is 0. The van der Waals surface area contributed by atoms with Gasteiger partial charge in [-0.05, 0) is 53.7 Å². The molecule has 0 N–H and O–H groups in total. The molecule has 0 bridgehead atoms. The van der Waals surface area contributed by atoms with Gasteiger partial charge in [-0.25, -0.2) is 5.01 Å². The molecule has 0 atom stereocenters.